The van der Waals surface area contributed by atoms with Gasteiger partial charge in [-0.25, -0.2) is 9.97 Å². The number of nitrogens with one attached hydrogen (secondary N) is 3. The quantitative estimate of drug-likeness (QED) is 0.555. The van der Waals surface area contributed by atoms with Gasteiger partial charge in [0.15, 0.2) is 5.78 Å². The van der Waals surface area contributed by atoms with Crippen LogP contribution in [0, 0.1) is 0 Å². The molecule has 0 saturated heterocycles. The number of nitrogens with zero attached hydrogens (tertiary/aromatic N) is 2. The molecule has 146 valence electrons. The summed E-state index contributed by atoms with van der Waals surface area (Å²) >= 11 is 0. The van der Waals surface area contributed by atoms with Gasteiger partial charge in [0, 0.05) is 41.9 Å². The van der Waals surface area contributed by atoms with Gasteiger partial charge in [-0.05, 0) is 43.3 Å². The zero-order valence-electron chi connectivity index (χ0n) is 15.9. The van der Waals surface area contributed by atoms with Gasteiger partial charge in [-0.15, -0.1) is 0 Å². The first-order valence-corrected chi connectivity index (χ1v) is 8.80. The summed E-state index contributed by atoms with van der Waals surface area (Å²) in [6, 6.07) is 13.7. The van der Waals surface area contributed by atoms with Crippen LogP contribution in [-0.4, -0.2) is 27.6 Å². The number of rotatable bonds is 6. The highest BCUT2D eigenvalue weighted by Gasteiger charge is 2.09. The molecule has 2 amide bonds. The Morgan fingerprint density at radius 3 is 1.97 bits per heavy atom. The lowest BCUT2D eigenvalue weighted by molar-refractivity contribution is -0.114. The maximum atomic E-state index is 12.3. The fraction of sp³-hybridized carbons (Fsp3) is 0.0952. The lowest BCUT2D eigenvalue weighted by atomic mass is 10.1. The highest BCUT2D eigenvalue weighted by atomic mass is 16.2. The monoisotopic (exact) mass is 389 g/mol. The molecule has 3 aromatic rings. The molecule has 0 aliphatic rings. The Morgan fingerprint density at radius 1 is 0.759 bits per heavy atom. The fourth-order valence-electron chi connectivity index (χ4n) is 2.50. The largest absolute Gasteiger partial charge is 0.326 e. The van der Waals surface area contributed by atoms with Crippen LogP contribution in [0.15, 0.2) is 60.9 Å². The van der Waals surface area contributed by atoms with E-state index in [9.17, 15) is 14.4 Å². The van der Waals surface area contributed by atoms with Crippen molar-refractivity contribution in [1.29, 1.82) is 0 Å². The van der Waals surface area contributed by atoms with Gasteiger partial charge in [-0.2, -0.15) is 0 Å². The van der Waals surface area contributed by atoms with Crippen molar-refractivity contribution in [2.24, 2.45) is 0 Å². The van der Waals surface area contributed by atoms with Crippen molar-refractivity contribution < 1.29 is 14.4 Å². The molecule has 0 aliphatic heterocycles. The average Bonchev–Trinajstić information content (AvgIpc) is 2.70. The zero-order chi connectivity index (χ0) is 20.8. The number of anilines is 4. The van der Waals surface area contributed by atoms with Crippen LogP contribution in [0.2, 0.25) is 0 Å². The first-order valence-electron chi connectivity index (χ1n) is 8.80. The molecule has 3 rings (SSSR count). The van der Waals surface area contributed by atoms with E-state index in [2.05, 4.69) is 25.9 Å². The maximum absolute atomic E-state index is 12.3. The third kappa shape index (κ3) is 5.46. The first kappa shape index (κ1) is 19.7. The smallest absolute Gasteiger partial charge is 0.258 e. The van der Waals surface area contributed by atoms with Crippen molar-refractivity contribution in [3.63, 3.8) is 0 Å². The Kier molecular flexibility index (Phi) is 5.94. The molecule has 8 nitrogen and oxygen atoms in total. The number of benzene rings is 2. The van der Waals surface area contributed by atoms with Gasteiger partial charge in [-0.3, -0.25) is 14.4 Å². The highest BCUT2D eigenvalue weighted by Crippen LogP contribution is 2.17. The van der Waals surface area contributed by atoms with Crippen molar-refractivity contribution in [3.8, 4) is 0 Å². The van der Waals surface area contributed by atoms with E-state index < -0.39 is 0 Å². The molecule has 3 N–H and O–H groups in total. The highest BCUT2D eigenvalue weighted by molar-refractivity contribution is 6.04. The zero-order valence-corrected chi connectivity index (χ0v) is 15.9. The second-order valence-electron chi connectivity index (χ2n) is 6.27. The molecule has 0 fully saturated rings. The van der Waals surface area contributed by atoms with Crippen molar-refractivity contribution in [3.05, 3.63) is 72.1 Å². The SMILES string of the molecule is CC(=O)Nc1ccc(NC(=O)c2cnc(Nc3cccc(C(C)=O)c3)nc2)cc1. The number of aromatic nitrogens is 2. The van der Waals surface area contributed by atoms with Crippen LogP contribution < -0.4 is 16.0 Å². The first-order chi connectivity index (χ1) is 13.9. The Balaban J connectivity index is 1.63. The Hall–Kier alpha value is -4.07. The number of carbonyl (C=O) groups is 3. The number of hydrogen-bond acceptors (Lipinski definition) is 6. The van der Waals surface area contributed by atoms with Crippen LogP contribution in [0.25, 0.3) is 0 Å². The summed E-state index contributed by atoms with van der Waals surface area (Å²) in [6.45, 7) is 2.92. The van der Waals surface area contributed by atoms with Crippen LogP contribution in [0.5, 0.6) is 0 Å². The molecule has 1 aromatic heterocycles. The van der Waals surface area contributed by atoms with Crippen LogP contribution in [0.4, 0.5) is 23.0 Å². The Bertz CT molecular complexity index is 1050. The normalized spacial score (nSPS) is 10.1. The van der Waals surface area contributed by atoms with E-state index in [0.29, 0.717) is 34.1 Å². The summed E-state index contributed by atoms with van der Waals surface area (Å²) in [7, 11) is 0. The van der Waals surface area contributed by atoms with E-state index >= 15 is 0 Å². The molecule has 0 atom stereocenters. The average molecular weight is 389 g/mol. The molecule has 0 saturated carbocycles. The summed E-state index contributed by atoms with van der Waals surface area (Å²) in [5.41, 5.74) is 2.76. The molecular formula is C21H19N5O3. The topological polar surface area (TPSA) is 113 Å². The van der Waals surface area contributed by atoms with E-state index in [1.165, 1.54) is 26.2 Å². The van der Waals surface area contributed by atoms with E-state index in [4.69, 9.17) is 0 Å². The minimum absolute atomic E-state index is 0.0355. The molecule has 8 heteroatoms. The molecule has 0 unspecified atom stereocenters. The van der Waals surface area contributed by atoms with Crippen molar-refractivity contribution in [2.45, 2.75) is 13.8 Å². The summed E-state index contributed by atoms with van der Waals surface area (Å²) in [6.07, 6.45) is 2.82. The van der Waals surface area contributed by atoms with Crippen LogP contribution in [-0.2, 0) is 4.79 Å². The van der Waals surface area contributed by atoms with Crippen molar-refractivity contribution >= 4 is 40.6 Å². The van der Waals surface area contributed by atoms with Gasteiger partial charge in [0.05, 0.1) is 5.56 Å². The summed E-state index contributed by atoms with van der Waals surface area (Å²) in [5.74, 6) is -0.253. The molecule has 0 spiro atoms. The Labute approximate surface area is 167 Å². The standard InChI is InChI=1S/C21H19N5O3/c1-13(27)15-4-3-5-19(10-15)26-21-22-11-16(12-23-21)20(29)25-18-8-6-17(7-9-18)24-14(2)28/h3-12H,1-2H3,(H,24,28)(H,25,29)(H,22,23,26). The minimum Gasteiger partial charge on any atom is -0.326 e. The molecule has 1 heterocycles. The van der Waals surface area contributed by atoms with E-state index in [1.807, 2.05) is 0 Å². The maximum Gasteiger partial charge on any atom is 0.258 e. The number of carbonyl (C=O) groups excluding carboxylic acids is 3. The molecule has 2 aromatic carbocycles. The predicted octanol–water partition coefficient (Wildman–Crippen LogP) is 3.63. The van der Waals surface area contributed by atoms with Crippen LogP contribution in [0.3, 0.4) is 0 Å². The van der Waals surface area contributed by atoms with Gasteiger partial charge in [0.2, 0.25) is 11.9 Å². The third-order valence-electron chi connectivity index (χ3n) is 3.90. The second kappa shape index (κ2) is 8.75. The second-order valence-corrected chi connectivity index (χ2v) is 6.27. The lowest BCUT2D eigenvalue weighted by Gasteiger charge is -2.08. The molecule has 0 bridgehead atoms. The number of hydrogen-bond donors (Lipinski definition) is 3. The molecular weight excluding hydrogens is 370 g/mol. The lowest BCUT2D eigenvalue weighted by Crippen LogP contribution is -2.13. The molecule has 0 aliphatic carbocycles. The summed E-state index contributed by atoms with van der Waals surface area (Å²) < 4.78 is 0. The number of amides is 2. The summed E-state index contributed by atoms with van der Waals surface area (Å²) in [4.78, 5) is 43.1. The van der Waals surface area contributed by atoms with E-state index in [-0.39, 0.29) is 17.6 Å². The van der Waals surface area contributed by atoms with Crippen LogP contribution >= 0.6 is 0 Å². The van der Waals surface area contributed by atoms with Gasteiger partial charge in [0.25, 0.3) is 5.91 Å². The van der Waals surface area contributed by atoms with E-state index in [1.54, 1.807) is 48.5 Å². The summed E-state index contributed by atoms with van der Waals surface area (Å²) in [5, 5.41) is 8.39. The van der Waals surface area contributed by atoms with E-state index in [0.717, 1.165) is 0 Å². The van der Waals surface area contributed by atoms with Crippen molar-refractivity contribution in [2.75, 3.05) is 16.0 Å². The van der Waals surface area contributed by atoms with Gasteiger partial charge in [-0.1, -0.05) is 12.1 Å². The number of Topliss-reactive ketones (excluding diaryl/α,β-unsaturated/α-hetero) is 1. The van der Waals surface area contributed by atoms with Gasteiger partial charge in [0.1, 0.15) is 0 Å². The fourth-order valence-corrected chi connectivity index (χ4v) is 2.50. The number of ketones is 1. The predicted molar refractivity (Wildman–Crippen MR) is 110 cm³/mol. The Morgan fingerprint density at radius 2 is 1.38 bits per heavy atom. The van der Waals surface area contributed by atoms with Gasteiger partial charge < -0.3 is 16.0 Å². The minimum atomic E-state index is -0.359. The van der Waals surface area contributed by atoms with Gasteiger partial charge >= 0.3 is 0 Å². The molecule has 29 heavy (non-hydrogen) atoms. The molecule has 0 radical (unpaired) electrons. The van der Waals surface area contributed by atoms with Crippen molar-refractivity contribution in [1.82, 2.24) is 9.97 Å². The third-order valence-corrected chi connectivity index (χ3v) is 3.90. The van der Waals surface area contributed by atoms with Crippen LogP contribution in [0.1, 0.15) is 34.6 Å².